The average molecular weight is 429 g/mol. The van der Waals surface area contributed by atoms with Gasteiger partial charge in [0.1, 0.15) is 5.69 Å². The second kappa shape index (κ2) is 8.98. The molecule has 0 radical (unpaired) electrons. The number of nitrogens with zero attached hydrogens (tertiary/aromatic N) is 1. The Morgan fingerprint density at radius 1 is 1.21 bits per heavy atom. The van der Waals surface area contributed by atoms with Crippen molar-refractivity contribution in [1.82, 2.24) is 9.88 Å². The third-order valence-corrected chi connectivity index (χ3v) is 6.78. The standard InChI is InChI=1S/C19H28N2O7S/c1-6-21(14-8-9-29(25,26)10-14)17(22)13(5)28-18(23)15-11(3)16(20-12(15)4)19(24)27-7-2/h13-14,20H,6-10H2,1-5H3/t13-,14-/m0/s1. The first-order chi connectivity index (χ1) is 13.5. The molecular weight excluding hydrogens is 400 g/mol. The smallest absolute Gasteiger partial charge is 0.355 e. The Bertz CT molecular complexity index is 904. The quantitative estimate of drug-likeness (QED) is 0.651. The van der Waals surface area contributed by atoms with Gasteiger partial charge in [-0.05, 0) is 46.6 Å². The van der Waals surface area contributed by atoms with Crippen molar-refractivity contribution in [2.75, 3.05) is 24.7 Å². The number of carbonyl (C=O) groups excluding carboxylic acids is 3. The van der Waals surface area contributed by atoms with Crippen molar-refractivity contribution in [3.63, 3.8) is 0 Å². The second-order valence-electron chi connectivity index (χ2n) is 7.07. The van der Waals surface area contributed by atoms with E-state index in [-0.39, 0.29) is 29.4 Å². The number of aromatic amines is 1. The first kappa shape index (κ1) is 22.9. The molecule has 0 saturated carbocycles. The average Bonchev–Trinajstić information content (AvgIpc) is 3.14. The van der Waals surface area contributed by atoms with Crippen LogP contribution in [0.3, 0.4) is 0 Å². The van der Waals surface area contributed by atoms with E-state index in [0.29, 0.717) is 24.2 Å². The minimum atomic E-state index is -3.15. The van der Waals surface area contributed by atoms with Crippen LogP contribution >= 0.6 is 0 Å². The number of hydrogen-bond donors (Lipinski definition) is 1. The number of aryl methyl sites for hydroxylation is 1. The van der Waals surface area contributed by atoms with Crippen molar-refractivity contribution in [1.29, 1.82) is 0 Å². The van der Waals surface area contributed by atoms with Gasteiger partial charge >= 0.3 is 11.9 Å². The van der Waals surface area contributed by atoms with Crippen LogP contribution in [0.25, 0.3) is 0 Å². The van der Waals surface area contributed by atoms with E-state index in [1.807, 2.05) is 0 Å². The van der Waals surface area contributed by atoms with Gasteiger partial charge in [-0.1, -0.05) is 0 Å². The highest BCUT2D eigenvalue weighted by Crippen LogP contribution is 2.22. The Kier molecular flexibility index (Phi) is 7.10. The first-order valence-electron chi connectivity index (χ1n) is 9.60. The predicted octanol–water partition coefficient (Wildman–Crippen LogP) is 1.39. The predicted molar refractivity (Wildman–Crippen MR) is 106 cm³/mol. The summed E-state index contributed by atoms with van der Waals surface area (Å²) in [5.74, 6) is -1.78. The van der Waals surface area contributed by atoms with Crippen LogP contribution in [0.4, 0.5) is 0 Å². The summed E-state index contributed by atoms with van der Waals surface area (Å²) in [6.45, 7) is 8.63. The number of aromatic nitrogens is 1. The van der Waals surface area contributed by atoms with E-state index in [1.165, 1.54) is 11.8 Å². The van der Waals surface area contributed by atoms with Crippen LogP contribution in [-0.4, -0.2) is 73.0 Å². The molecule has 1 amide bonds. The molecule has 0 spiro atoms. The third-order valence-electron chi connectivity index (χ3n) is 5.03. The maximum Gasteiger partial charge on any atom is 0.355 e. The molecule has 0 aliphatic carbocycles. The zero-order valence-corrected chi connectivity index (χ0v) is 18.2. The summed E-state index contributed by atoms with van der Waals surface area (Å²) in [6, 6.07) is -0.412. The zero-order valence-electron chi connectivity index (χ0n) is 17.4. The normalized spacial score (nSPS) is 18.9. The number of H-pyrrole nitrogens is 1. The minimum Gasteiger partial charge on any atom is -0.461 e. The van der Waals surface area contributed by atoms with Gasteiger partial charge in [0, 0.05) is 18.3 Å². The summed E-state index contributed by atoms with van der Waals surface area (Å²) in [5.41, 5.74) is 1.17. The van der Waals surface area contributed by atoms with Gasteiger partial charge in [0.15, 0.2) is 15.9 Å². The summed E-state index contributed by atoms with van der Waals surface area (Å²) in [7, 11) is -3.15. The molecular formula is C19H28N2O7S. The van der Waals surface area contributed by atoms with Crippen molar-refractivity contribution in [3.05, 3.63) is 22.5 Å². The van der Waals surface area contributed by atoms with Gasteiger partial charge in [-0.25, -0.2) is 18.0 Å². The van der Waals surface area contributed by atoms with E-state index < -0.39 is 39.8 Å². The molecule has 1 aliphatic heterocycles. The second-order valence-corrected chi connectivity index (χ2v) is 9.30. The number of likely N-dealkylation sites (N-methyl/N-ethyl adjacent to an activating group) is 1. The van der Waals surface area contributed by atoms with Crippen LogP contribution in [0.15, 0.2) is 0 Å². The molecule has 29 heavy (non-hydrogen) atoms. The summed E-state index contributed by atoms with van der Waals surface area (Å²) < 4.78 is 33.8. The highest BCUT2D eigenvalue weighted by Gasteiger charge is 2.36. The SMILES string of the molecule is CCOC(=O)c1[nH]c(C)c(C(=O)O[C@@H](C)C(=O)N(CC)[C@H]2CCS(=O)(=O)C2)c1C. The monoisotopic (exact) mass is 428 g/mol. The lowest BCUT2D eigenvalue weighted by Crippen LogP contribution is -2.46. The lowest BCUT2D eigenvalue weighted by atomic mass is 10.1. The first-order valence-corrected chi connectivity index (χ1v) is 11.4. The number of ether oxygens (including phenoxy) is 2. The van der Waals surface area contributed by atoms with Crippen molar-refractivity contribution in [2.24, 2.45) is 0 Å². The van der Waals surface area contributed by atoms with Gasteiger partial charge in [-0.2, -0.15) is 0 Å². The third kappa shape index (κ3) is 4.98. The Morgan fingerprint density at radius 3 is 2.38 bits per heavy atom. The Hall–Kier alpha value is -2.36. The Morgan fingerprint density at radius 2 is 1.86 bits per heavy atom. The summed E-state index contributed by atoms with van der Waals surface area (Å²) in [5, 5.41) is 0. The number of amides is 1. The molecule has 0 unspecified atom stereocenters. The fourth-order valence-electron chi connectivity index (χ4n) is 3.58. The summed E-state index contributed by atoms with van der Waals surface area (Å²) >= 11 is 0. The minimum absolute atomic E-state index is 0.0496. The molecule has 9 nitrogen and oxygen atoms in total. The van der Waals surface area contributed by atoms with Gasteiger partial charge in [-0.3, -0.25) is 4.79 Å². The van der Waals surface area contributed by atoms with Gasteiger partial charge in [-0.15, -0.1) is 0 Å². The van der Waals surface area contributed by atoms with E-state index in [4.69, 9.17) is 9.47 Å². The van der Waals surface area contributed by atoms with Crippen molar-refractivity contribution in [2.45, 2.75) is 53.2 Å². The molecule has 1 fully saturated rings. The number of esters is 2. The lowest BCUT2D eigenvalue weighted by molar-refractivity contribution is -0.141. The van der Waals surface area contributed by atoms with Crippen LogP contribution in [0, 0.1) is 13.8 Å². The highest BCUT2D eigenvalue weighted by molar-refractivity contribution is 7.91. The Balaban J connectivity index is 2.14. The van der Waals surface area contributed by atoms with Crippen LogP contribution in [0.2, 0.25) is 0 Å². The maximum atomic E-state index is 12.8. The molecule has 1 N–H and O–H groups in total. The molecule has 2 heterocycles. The molecule has 1 saturated heterocycles. The summed E-state index contributed by atoms with van der Waals surface area (Å²) in [4.78, 5) is 41.7. The molecule has 0 bridgehead atoms. The number of nitrogens with one attached hydrogen (secondary N) is 1. The fraction of sp³-hybridized carbons (Fsp3) is 0.632. The molecule has 0 aromatic carbocycles. The maximum absolute atomic E-state index is 12.8. The molecule has 2 rings (SSSR count). The van der Waals surface area contributed by atoms with Gasteiger partial charge in [0.05, 0.1) is 23.7 Å². The number of rotatable bonds is 7. The number of carbonyl (C=O) groups is 3. The van der Waals surface area contributed by atoms with E-state index in [0.717, 1.165) is 0 Å². The fourth-order valence-corrected chi connectivity index (χ4v) is 5.31. The molecule has 2 atom stereocenters. The van der Waals surface area contributed by atoms with E-state index in [2.05, 4.69) is 4.98 Å². The van der Waals surface area contributed by atoms with Gasteiger partial charge in [0.2, 0.25) is 0 Å². The van der Waals surface area contributed by atoms with Crippen molar-refractivity contribution in [3.8, 4) is 0 Å². The van der Waals surface area contributed by atoms with Gasteiger partial charge in [0.25, 0.3) is 5.91 Å². The van der Waals surface area contributed by atoms with Crippen molar-refractivity contribution < 1.29 is 32.3 Å². The van der Waals surface area contributed by atoms with E-state index in [9.17, 15) is 22.8 Å². The van der Waals surface area contributed by atoms with Crippen LogP contribution < -0.4 is 0 Å². The molecule has 1 aromatic rings. The van der Waals surface area contributed by atoms with Crippen LogP contribution in [-0.2, 0) is 24.1 Å². The topological polar surface area (TPSA) is 123 Å². The number of hydrogen-bond acceptors (Lipinski definition) is 7. The lowest BCUT2D eigenvalue weighted by Gasteiger charge is -2.29. The zero-order chi connectivity index (χ0) is 21.9. The van der Waals surface area contributed by atoms with Gasteiger partial charge < -0.3 is 19.4 Å². The van der Waals surface area contributed by atoms with Crippen molar-refractivity contribution >= 4 is 27.7 Å². The van der Waals surface area contributed by atoms with Crippen LogP contribution in [0.5, 0.6) is 0 Å². The van der Waals surface area contributed by atoms with E-state index >= 15 is 0 Å². The largest absolute Gasteiger partial charge is 0.461 e. The highest BCUT2D eigenvalue weighted by atomic mass is 32.2. The van der Waals surface area contributed by atoms with Crippen LogP contribution in [0.1, 0.15) is 59.3 Å². The molecule has 1 aliphatic rings. The Labute approximate surface area is 170 Å². The molecule has 1 aromatic heterocycles. The molecule has 162 valence electrons. The number of sulfone groups is 1. The molecule has 10 heteroatoms. The summed E-state index contributed by atoms with van der Waals surface area (Å²) in [6.07, 6.45) is -0.716. The van der Waals surface area contributed by atoms with E-state index in [1.54, 1.807) is 27.7 Å².